The zero-order chi connectivity index (χ0) is 15.1. The first kappa shape index (κ1) is 13.1. The lowest BCUT2D eigenvalue weighted by Gasteiger charge is -2.03. The molecule has 3 nitrogen and oxygen atoms in total. The molecule has 4 aromatic rings. The third kappa shape index (κ3) is 2.10. The van der Waals surface area contributed by atoms with Crippen molar-refractivity contribution in [2.45, 2.75) is 0 Å². The molecule has 1 aromatic heterocycles. The van der Waals surface area contributed by atoms with Gasteiger partial charge in [0.1, 0.15) is 11.3 Å². The number of hydrogen-bond donors (Lipinski definition) is 2. The molecule has 106 valence electrons. The molecule has 4 heteroatoms. The second kappa shape index (κ2) is 5.02. The van der Waals surface area contributed by atoms with E-state index in [2.05, 4.69) is 0 Å². The van der Waals surface area contributed by atoms with Crippen molar-refractivity contribution in [1.82, 2.24) is 0 Å². The summed E-state index contributed by atoms with van der Waals surface area (Å²) in [4.78, 5) is 0. The fraction of sp³-hybridized carbons (Fsp3) is 0. The molecule has 2 N–H and O–H groups in total. The van der Waals surface area contributed by atoms with Gasteiger partial charge in [-0.15, -0.1) is 0 Å². The fourth-order valence-corrected chi connectivity index (χ4v) is 2.77. The van der Waals surface area contributed by atoms with Crippen LogP contribution in [0, 0.1) is 0 Å². The van der Waals surface area contributed by atoms with Crippen LogP contribution in [-0.2, 0) is 0 Å². The highest BCUT2D eigenvalue weighted by molar-refractivity contribution is 6.59. The van der Waals surface area contributed by atoms with Crippen molar-refractivity contribution in [3.63, 3.8) is 0 Å². The highest BCUT2D eigenvalue weighted by atomic mass is 16.4. The Balaban J connectivity index is 1.94. The van der Waals surface area contributed by atoms with Crippen molar-refractivity contribution in [2.24, 2.45) is 0 Å². The lowest BCUT2D eigenvalue weighted by molar-refractivity contribution is 0.426. The van der Waals surface area contributed by atoms with E-state index >= 15 is 0 Å². The molecule has 0 saturated carbocycles. The quantitative estimate of drug-likeness (QED) is 0.558. The van der Waals surface area contributed by atoms with Crippen molar-refractivity contribution >= 4 is 34.3 Å². The van der Waals surface area contributed by atoms with Crippen molar-refractivity contribution in [2.75, 3.05) is 0 Å². The molecule has 22 heavy (non-hydrogen) atoms. The van der Waals surface area contributed by atoms with Gasteiger partial charge in [0.15, 0.2) is 0 Å². The lowest BCUT2D eigenvalue weighted by Crippen LogP contribution is -2.29. The predicted molar refractivity (Wildman–Crippen MR) is 89.0 cm³/mol. The molecule has 0 spiro atoms. The van der Waals surface area contributed by atoms with Crippen LogP contribution >= 0.6 is 0 Å². The molecule has 0 aliphatic heterocycles. The summed E-state index contributed by atoms with van der Waals surface area (Å²) in [6.45, 7) is 0. The molecule has 0 aliphatic rings. The van der Waals surface area contributed by atoms with Gasteiger partial charge in [0, 0.05) is 10.9 Å². The van der Waals surface area contributed by atoms with Crippen LogP contribution in [0.4, 0.5) is 0 Å². The Morgan fingerprint density at radius 1 is 0.773 bits per heavy atom. The van der Waals surface area contributed by atoms with E-state index in [0.717, 1.165) is 33.1 Å². The van der Waals surface area contributed by atoms with Gasteiger partial charge in [0.2, 0.25) is 0 Å². The van der Waals surface area contributed by atoms with E-state index in [-0.39, 0.29) is 0 Å². The average molecular weight is 288 g/mol. The van der Waals surface area contributed by atoms with Crippen LogP contribution in [-0.4, -0.2) is 17.2 Å². The second-order valence-corrected chi connectivity index (χ2v) is 5.31. The topological polar surface area (TPSA) is 53.6 Å². The molecule has 0 unspecified atom stereocenters. The molecule has 0 fully saturated rings. The number of fused-ring (bicyclic) bond motifs is 3. The van der Waals surface area contributed by atoms with Crippen molar-refractivity contribution in [3.05, 3.63) is 66.7 Å². The molecule has 0 aliphatic carbocycles. The summed E-state index contributed by atoms with van der Waals surface area (Å²) < 4.78 is 5.94. The molecule has 0 amide bonds. The standard InChI is InChI=1S/C18H13BO3/c20-19(21)14-7-8-15-13(10-14)6-9-17-16(15)11-18(22-17)12-4-2-1-3-5-12/h1-11,20-21H. The number of furan rings is 1. The second-order valence-electron chi connectivity index (χ2n) is 5.31. The number of benzene rings is 3. The summed E-state index contributed by atoms with van der Waals surface area (Å²) in [7, 11) is -1.45. The Morgan fingerprint density at radius 2 is 1.59 bits per heavy atom. The molecule has 3 aromatic carbocycles. The summed E-state index contributed by atoms with van der Waals surface area (Å²) >= 11 is 0. The van der Waals surface area contributed by atoms with Crippen LogP contribution in [0.3, 0.4) is 0 Å². The maximum Gasteiger partial charge on any atom is 0.488 e. The predicted octanol–water partition coefficient (Wildman–Crippen LogP) is 2.93. The Labute approximate surface area is 127 Å². The van der Waals surface area contributed by atoms with Gasteiger partial charge in [-0.25, -0.2) is 0 Å². The lowest BCUT2D eigenvalue weighted by atomic mass is 9.79. The molecule has 0 radical (unpaired) electrons. The first-order chi connectivity index (χ1) is 10.7. The van der Waals surface area contributed by atoms with E-state index in [1.165, 1.54) is 0 Å². The largest absolute Gasteiger partial charge is 0.488 e. The van der Waals surface area contributed by atoms with Crippen LogP contribution in [0.15, 0.2) is 71.1 Å². The maximum absolute atomic E-state index is 9.29. The zero-order valence-electron chi connectivity index (χ0n) is 11.7. The zero-order valence-corrected chi connectivity index (χ0v) is 11.7. The molecule has 0 bridgehead atoms. The fourth-order valence-electron chi connectivity index (χ4n) is 2.77. The molecule has 4 rings (SSSR count). The van der Waals surface area contributed by atoms with E-state index in [4.69, 9.17) is 4.42 Å². The highest BCUT2D eigenvalue weighted by Crippen LogP contribution is 2.32. The Bertz CT molecular complexity index is 958. The van der Waals surface area contributed by atoms with E-state index in [1.807, 2.05) is 54.6 Å². The molecule has 1 heterocycles. The van der Waals surface area contributed by atoms with Gasteiger partial charge in [0.25, 0.3) is 0 Å². The van der Waals surface area contributed by atoms with E-state index < -0.39 is 7.12 Å². The van der Waals surface area contributed by atoms with Gasteiger partial charge in [-0.3, -0.25) is 0 Å². The van der Waals surface area contributed by atoms with Gasteiger partial charge in [0.05, 0.1) is 0 Å². The van der Waals surface area contributed by atoms with Gasteiger partial charge in [-0.2, -0.15) is 0 Å². The van der Waals surface area contributed by atoms with E-state index in [9.17, 15) is 10.0 Å². The van der Waals surface area contributed by atoms with Crippen molar-refractivity contribution in [1.29, 1.82) is 0 Å². The summed E-state index contributed by atoms with van der Waals surface area (Å²) in [5.41, 5.74) is 2.34. The first-order valence-corrected chi connectivity index (χ1v) is 7.10. The van der Waals surface area contributed by atoms with Crippen LogP contribution < -0.4 is 5.46 Å². The monoisotopic (exact) mass is 288 g/mol. The molecular weight excluding hydrogens is 275 g/mol. The minimum absolute atomic E-state index is 0.485. The number of hydrogen-bond acceptors (Lipinski definition) is 3. The normalized spacial score (nSPS) is 11.2. The van der Waals surface area contributed by atoms with Crippen LogP contribution in [0.25, 0.3) is 33.1 Å². The number of rotatable bonds is 2. The SMILES string of the molecule is OB(O)c1ccc2c(ccc3oc(-c4ccccc4)cc32)c1. The molecule has 0 atom stereocenters. The van der Waals surface area contributed by atoms with Crippen LogP contribution in [0.1, 0.15) is 0 Å². The van der Waals surface area contributed by atoms with Gasteiger partial charge in [-0.05, 0) is 28.4 Å². The smallest absolute Gasteiger partial charge is 0.456 e. The van der Waals surface area contributed by atoms with Gasteiger partial charge >= 0.3 is 7.12 Å². The summed E-state index contributed by atoms with van der Waals surface area (Å²) in [5.74, 6) is 0.828. The van der Waals surface area contributed by atoms with Crippen LogP contribution in [0.2, 0.25) is 0 Å². The first-order valence-electron chi connectivity index (χ1n) is 7.10. The Hall–Kier alpha value is -2.56. The minimum Gasteiger partial charge on any atom is -0.456 e. The van der Waals surface area contributed by atoms with Crippen molar-refractivity contribution < 1.29 is 14.5 Å². The minimum atomic E-state index is -1.45. The maximum atomic E-state index is 9.29. The summed E-state index contributed by atoms with van der Waals surface area (Å²) in [6, 6.07) is 21.3. The molecule has 0 saturated heterocycles. The van der Waals surface area contributed by atoms with E-state index in [1.54, 1.807) is 12.1 Å². The third-order valence-electron chi connectivity index (χ3n) is 3.90. The highest BCUT2D eigenvalue weighted by Gasteiger charge is 2.13. The Kier molecular flexibility index (Phi) is 3.00. The van der Waals surface area contributed by atoms with Crippen LogP contribution in [0.5, 0.6) is 0 Å². The summed E-state index contributed by atoms with van der Waals surface area (Å²) in [5, 5.41) is 21.6. The summed E-state index contributed by atoms with van der Waals surface area (Å²) in [6.07, 6.45) is 0. The van der Waals surface area contributed by atoms with E-state index in [0.29, 0.717) is 5.46 Å². The Morgan fingerprint density at radius 3 is 2.36 bits per heavy atom. The van der Waals surface area contributed by atoms with Gasteiger partial charge in [-0.1, -0.05) is 54.6 Å². The van der Waals surface area contributed by atoms with Crippen molar-refractivity contribution in [3.8, 4) is 11.3 Å². The average Bonchev–Trinajstić information content (AvgIpc) is 2.99. The third-order valence-corrected chi connectivity index (χ3v) is 3.90. The van der Waals surface area contributed by atoms with Gasteiger partial charge < -0.3 is 14.5 Å². The molecular formula is C18H13BO3.